The average molecular weight is 351 g/mol. The Kier molecular flexibility index (Phi) is 2.76. The molecule has 1 fully saturated rings. The van der Waals surface area contributed by atoms with E-state index in [0.717, 1.165) is 0 Å². The molecule has 1 aliphatic carbocycles. The summed E-state index contributed by atoms with van der Waals surface area (Å²) in [5.41, 5.74) is -0.670. The Bertz CT molecular complexity index is 273. The third-order valence-corrected chi connectivity index (χ3v) is 2.23. The second kappa shape index (κ2) is 3.37. The predicted molar refractivity (Wildman–Crippen MR) is 40.3 cm³/mol. The molecule has 0 aromatic heterocycles. The average Bonchev–Trinajstić information content (AvgIpc) is 2.09. The van der Waals surface area contributed by atoms with Gasteiger partial charge in [0.1, 0.15) is 5.54 Å². The van der Waals surface area contributed by atoms with Crippen molar-refractivity contribution < 1.29 is 36.2 Å². The molecule has 2 rings (SSSR count). The third kappa shape index (κ3) is 1.50. The van der Waals surface area contributed by atoms with Crippen LogP contribution in [0, 0.1) is 0 Å². The summed E-state index contributed by atoms with van der Waals surface area (Å²) in [6, 6.07) is 0. The van der Waals surface area contributed by atoms with Gasteiger partial charge in [0.05, 0.1) is 12.5 Å². The molecule has 2 aliphatic rings. The van der Waals surface area contributed by atoms with Crippen molar-refractivity contribution in [3.8, 4) is 0 Å². The van der Waals surface area contributed by atoms with Gasteiger partial charge in [0.25, 0.3) is 0 Å². The Balaban J connectivity index is 0.000000845. The number of aliphatic hydroxyl groups excluding tert-OH is 1. The van der Waals surface area contributed by atoms with E-state index in [1.54, 1.807) is 24.3 Å². The summed E-state index contributed by atoms with van der Waals surface area (Å²) in [7, 11) is 0. The molecule has 2 N–H and O–H groups in total. The minimum Gasteiger partial charge on any atom is -0.385 e. The van der Waals surface area contributed by atoms with Crippen molar-refractivity contribution in [2.24, 2.45) is 0 Å². The molecule has 13 heavy (non-hydrogen) atoms. The molecule has 1 spiro atoms. The quantitative estimate of drug-likeness (QED) is 0.362. The van der Waals surface area contributed by atoms with E-state index >= 15 is 0 Å². The Morgan fingerprint density at radius 3 is 2.38 bits per heavy atom. The molecule has 0 radical (unpaired) electrons. The van der Waals surface area contributed by atoms with E-state index in [9.17, 15) is 10.0 Å². The fourth-order valence-electron chi connectivity index (χ4n) is 1.44. The molecule has 0 saturated carbocycles. The van der Waals surface area contributed by atoms with Gasteiger partial charge >= 0.3 is 0 Å². The first-order chi connectivity index (χ1) is 5.64. The van der Waals surface area contributed by atoms with Gasteiger partial charge in [-0.1, -0.05) is 24.3 Å². The molecule has 1 heterocycles. The largest absolute Gasteiger partial charge is 0.385 e. The normalized spacial score (nSPS) is 36.0. The van der Waals surface area contributed by atoms with Crippen LogP contribution in [0.3, 0.4) is 0 Å². The summed E-state index contributed by atoms with van der Waals surface area (Å²) in [6.07, 6.45) is 6.06. The van der Waals surface area contributed by atoms with Gasteiger partial charge in [-0.15, -0.1) is 0 Å². The molecule has 1 amide bonds. The Morgan fingerprint density at radius 1 is 1.46 bits per heavy atom. The van der Waals surface area contributed by atoms with Crippen LogP contribution in [-0.4, -0.2) is 32.9 Å². The van der Waals surface area contributed by atoms with Crippen LogP contribution in [0.5, 0.6) is 0 Å². The number of hydrogen-bond donors (Lipinski definition) is 2. The zero-order chi connectivity index (χ0) is 8.77. The van der Waals surface area contributed by atoms with E-state index in [2.05, 4.69) is 0 Å². The number of hydrogen-bond acceptors (Lipinski definition) is 3. The van der Waals surface area contributed by atoms with Gasteiger partial charge in [0, 0.05) is 21.1 Å². The number of rotatable bonds is 0. The Labute approximate surface area is 89.8 Å². The Hall–Kier alpha value is -0.442. The SMILES string of the molecule is O=C1CC2(C=CC(O)C=C2)N1O.[W]. The van der Waals surface area contributed by atoms with Gasteiger partial charge in [-0.05, 0) is 0 Å². The van der Waals surface area contributed by atoms with Crippen molar-refractivity contribution in [1.82, 2.24) is 5.06 Å². The van der Waals surface area contributed by atoms with Crippen LogP contribution < -0.4 is 0 Å². The van der Waals surface area contributed by atoms with Crippen molar-refractivity contribution in [2.75, 3.05) is 0 Å². The van der Waals surface area contributed by atoms with E-state index < -0.39 is 11.6 Å². The molecule has 4 nitrogen and oxygen atoms in total. The summed E-state index contributed by atoms with van der Waals surface area (Å²) in [4.78, 5) is 10.7. The van der Waals surface area contributed by atoms with Crippen molar-refractivity contribution >= 4 is 5.91 Å². The molecule has 0 aromatic carbocycles. The standard InChI is InChI=1S/C8H9NO3.W/c10-6-1-3-8(4-2-6)5-7(11)9(8)12;/h1-4,6,10,12H,5H2;. The molecular weight excluding hydrogens is 342 g/mol. The van der Waals surface area contributed by atoms with E-state index in [0.29, 0.717) is 5.06 Å². The summed E-state index contributed by atoms with van der Waals surface area (Å²) in [5, 5.41) is 18.9. The van der Waals surface area contributed by atoms with E-state index in [4.69, 9.17) is 5.11 Å². The minimum absolute atomic E-state index is 0. The van der Waals surface area contributed by atoms with Crippen molar-refractivity contribution in [3.05, 3.63) is 24.3 Å². The number of β-lactam (4-membered cyclic amide) rings is 1. The summed E-state index contributed by atoms with van der Waals surface area (Å²) >= 11 is 0. The molecule has 5 heteroatoms. The molecule has 1 saturated heterocycles. The fourth-order valence-corrected chi connectivity index (χ4v) is 1.44. The van der Waals surface area contributed by atoms with E-state index in [1.807, 2.05) is 0 Å². The number of hydroxylamine groups is 2. The van der Waals surface area contributed by atoms with Crippen LogP contribution in [0.15, 0.2) is 24.3 Å². The molecule has 0 bridgehead atoms. The first-order valence-corrected chi connectivity index (χ1v) is 3.73. The summed E-state index contributed by atoms with van der Waals surface area (Å²) < 4.78 is 0. The van der Waals surface area contributed by atoms with Crippen LogP contribution in [-0.2, 0) is 25.9 Å². The summed E-state index contributed by atoms with van der Waals surface area (Å²) in [6.45, 7) is 0. The van der Waals surface area contributed by atoms with Crippen LogP contribution in [0.1, 0.15) is 6.42 Å². The second-order valence-electron chi connectivity index (χ2n) is 3.08. The molecule has 0 atom stereocenters. The van der Waals surface area contributed by atoms with Crippen LogP contribution in [0.2, 0.25) is 0 Å². The number of carbonyl (C=O) groups is 1. The molecule has 1 aliphatic heterocycles. The zero-order valence-corrected chi connectivity index (χ0v) is 9.69. The molecule has 0 aromatic rings. The zero-order valence-electron chi connectivity index (χ0n) is 6.75. The maximum Gasteiger partial charge on any atom is 0.250 e. The first kappa shape index (κ1) is 10.6. The van der Waals surface area contributed by atoms with Crippen LogP contribution in [0.4, 0.5) is 0 Å². The van der Waals surface area contributed by atoms with E-state index in [-0.39, 0.29) is 33.4 Å². The van der Waals surface area contributed by atoms with Gasteiger partial charge in [-0.3, -0.25) is 10.0 Å². The third-order valence-electron chi connectivity index (χ3n) is 2.23. The molecular formula is C8H9NO3W. The molecule has 0 unspecified atom stereocenters. The van der Waals surface area contributed by atoms with Gasteiger partial charge in [-0.25, -0.2) is 5.06 Å². The van der Waals surface area contributed by atoms with Crippen molar-refractivity contribution in [2.45, 2.75) is 18.1 Å². The number of nitrogens with zero attached hydrogens (tertiary/aromatic N) is 1. The van der Waals surface area contributed by atoms with Gasteiger partial charge in [0.15, 0.2) is 0 Å². The monoisotopic (exact) mass is 351 g/mol. The van der Waals surface area contributed by atoms with Gasteiger partial charge < -0.3 is 5.11 Å². The number of amides is 1. The topological polar surface area (TPSA) is 60.8 Å². The maximum atomic E-state index is 10.7. The van der Waals surface area contributed by atoms with Crippen molar-refractivity contribution in [3.63, 3.8) is 0 Å². The van der Waals surface area contributed by atoms with Gasteiger partial charge in [0.2, 0.25) is 5.91 Å². The smallest absolute Gasteiger partial charge is 0.250 e. The minimum atomic E-state index is -0.670. The van der Waals surface area contributed by atoms with Crippen molar-refractivity contribution in [1.29, 1.82) is 0 Å². The maximum absolute atomic E-state index is 10.7. The van der Waals surface area contributed by atoms with E-state index in [1.165, 1.54) is 0 Å². The van der Waals surface area contributed by atoms with Gasteiger partial charge in [-0.2, -0.15) is 0 Å². The number of aliphatic hydroxyl groups is 1. The Morgan fingerprint density at radius 2 is 2.00 bits per heavy atom. The second-order valence-corrected chi connectivity index (χ2v) is 3.08. The predicted octanol–water partition coefficient (Wildman–Crippen LogP) is -0.169. The first-order valence-electron chi connectivity index (χ1n) is 3.73. The molecule has 70 valence electrons. The van der Waals surface area contributed by atoms with Crippen LogP contribution >= 0.6 is 0 Å². The number of carbonyl (C=O) groups excluding carboxylic acids is 1. The fraction of sp³-hybridized carbons (Fsp3) is 0.375. The van der Waals surface area contributed by atoms with Crippen LogP contribution in [0.25, 0.3) is 0 Å². The summed E-state index contributed by atoms with van der Waals surface area (Å²) in [5.74, 6) is -0.291.